The lowest BCUT2D eigenvalue weighted by Gasteiger charge is -1.50. The van der Waals surface area contributed by atoms with Crippen LogP contribution in [0.1, 0.15) is 0 Å². The highest BCUT2D eigenvalue weighted by molar-refractivity contribution is 8.68. The fourth-order valence-electron chi connectivity index (χ4n) is 0. The van der Waals surface area contributed by atoms with Crippen LogP contribution in [-0.4, -0.2) is 14.7 Å². The van der Waals surface area contributed by atoms with Crippen molar-refractivity contribution in [2.75, 3.05) is 6.26 Å². The molecule has 0 saturated carbocycles. The molecule has 23 valence electrons. The number of rotatable bonds is 0. The van der Waals surface area contributed by atoms with Gasteiger partial charge in [-0.2, -0.15) is 0 Å². The third-order valence-corrected chi connectivity index (χ3v) is 0. The average molecular weight is 91.0 g/mol. The molecule has 0 aromatic carbocycles. The topological polar surface area (TPSA) is 0 Å². The molecule has 3 radical (unpaired) electrons. The Hall–Kier alpha value is 0.765. The molecule has 3 heteroatoms. The first-order valence-corrected chi connectivity index (χ1v) is 2.87. The largest absolute Gasteiger partial charge is 0.112 e. The molecule has 0 aromatic heterocycles. The summed E-state index contributed by atoms with van der Waals surface area (Å²) in [4.78, 5) is 0. The Morgan fingerprint density at radius 2 is 1.75 bits per heavy atom. The van der Waals surface area contributed by atoms with Crippen LogP contribution in [0.2, 0.25) is 0 Å². The van der Waals surface area contributed by atoms with Crippen LogP contribution in [0.4, 0.5) is 0 Å². The van der Waals surface area contributed by atoms with Crippen molar-refractivity contribution >= 4 is 30.9 Å². The van der Waals surface area contributed by atoms with Gasteiger partial charge in [0.1, 0.15) is 0 Å². The van der Waals surface area contributed by atoms with Crippen molar-refractivity contribution in [3.05, 3.63) is 0 Å². The van der Waals surface area contributed by atoms with Gasteiger partial charge in [-0.1, -0.05) is 0 Å². The SMILES string of the molecule is CSS.[B]. The van der Waals surface area contributed by atoms with Gasteiger partial charge in [-0.3, -0.25) is 0 Å². The van der Waals surface area contributed by atoms with Crippen LogP contribution in [0, 0.1) is 0 Å². The molecular weight excluding hydrogens is 87.0 g/mol. The van der Waals surface area contributed by atoms with Crippen LogP contribution in [-0.2, 0) is 0 Å². The van der Waals surface area contributed by atoms with Gasteiger partial charge in [0.05, 0.1) is 0 Å². The zero-order valence-corrected chi connectivity index (χ0v) is 4.14. The van der Waals surface area contributed by atoms with Crippen LogP contribution in [0.5, 0.6) is 0 Å². The van der Waals surface area contributed by atoms with Gasteiger partial charge in [0.25, 0.3) is 0 Å². The molecule has 0 spiro atoms. The van der Waals surface area contributed by atoms with Gasteiger partial charge in [0.2, 0.25) is 0 Å². The minimum Gasteiger partial charge on any atom is -0.112 e. The quantitative estimate of drug-likeness (QED) is 0.261. The molecule has 0 bridgehead atoms. The van der Waals surface area contributed by atoms with E-state index in [9.17, 15) is 0 Å². The molecule has 0 aliphatic heterocycles. The second kappa shape index (κ2) is 9.24. The van der Waals surface area contributed by atoms with E-state index in [-0.39, 0.29) is 8.41 Å². The predicted molar refractivity (Wildman–Crippen MR) is 28.3 cm³/mol. The number of thiol groups is 1. The molecule has 0 N–H and O–H groups in total. The van der Waals surface area contributed by atoms with Crippen LogP contribution < -0.4 is 0 Å². The van der Waals surface area contributed by atoms with E-state index >= 15 is 0 Å². The van der Waals surface area contributed by atoms with Crippen LogP contribution in [0.15, 0.2) is 0 Å². The molecule has 4 heavy (non-hydrogen) atoms. The van der Waals surface area contributed by atoms with Crippen molar-refractivity contribution in [1.82, 2.24) is 0 Å². The van der Waals surface area contributed by atoms with Crippen molar-refractivity contribution in [3.8, 4) is 0 Å². The van der Waals surface area contributed by atoms with Crippen LogP contribution in [0.3, 0.4) is 0 Å². The summed E-state index contributed by atoms with van der Waals surface area (Å²) in [6.45, 7) is 0. The van der Waals surface area contributed by atoms with Crippen LogP contribution in [0.25, 0.3) is 0 Å². The molecule has 0 aliphatic rings. The molecule has 0 heterocycles. The van der Waals surface area contributed by atoms with E-state index in [1.54, 1.807) is 0 Å². The van der Waals surface area contributed by atoms with E-state index in [0.29, 0.717) is 0 Å². The summed E-state index contributed by atoms with van der Waals surface area (Å²) in [5, 5.41) is 0. The van der Waals surface area contributed by atoms with Crippen molar-refractivity contribution in [3.63, 3.8) is 0 Å². The Morgan fingerprint density at radius 1 is 1.75 bits per heavy atom. The van der Waals surface area contributed by atoms with E-state index in [1.807, 2.05) is 6.26 Å². The second-order valence-corrected chi connectivity index (χ2v) is 1.64. The normalized spacial score (nSPS) is 4.50. The molecule has 0 amide bonds. The van der Waals surface area contributed by atoms with Crippen molar-refractivity contribution in [1.29, 1.82) is 0 Å². The predicted octanol–water partition coefficient (Wildman–Crippen LogP) is 0.813. The Kier molecular flexibility index (Phi) is 20.4. The minimum absolute atomic E-state index is 0. The van der Waals surface area contributed by atoms with Gasteiger partial charge in [-0.25, -0.2) is 0 Å². The summed E-state index contributed by atoms with van der Waals surface area (Å²) < 4.78 is 0. The van der Waals surface area contributed by atoms with Crippen LogP contribution >= 0.6 is 22.5 Å². The maximum absolute atomic E-state index is 3.71. The van der Waals surface area contributed by atoms with E-state index in [0.717, 1.165) is 0 Å². The fourth-order valence-corrected chi connectivity index (χ4v) is 0. The molecule has 0 fully saturated rings. The summed E-state index contributed by atoms with van der Waals surface area (Å²) >= 11 is 3.71. The van der Waals surface area contributed by atoms with Crippen molar-refractivity contribution in [2.45, 2.75) is 0 Å². The van der Waals surface area contributed by atoms with Gasteiger partial charge in [0.15, 0.2) is 0 Å². The maximum atomic E-state index is 3.71. The van der Waals surface area contributed by atoms with Gasteiger partial charge in [-0.05, 0) is 6.26 Å². The standard InChI is InChI=1S/CH4S2.B/c1-3-2;/h2H,1H3;. The maximum Gasteiger partial charge on any atom is 0 e. The van der Waals surface area contributed by atoms with Gasteiger partial charge in [-0.15, -0.1) is 22.5 Å². The van der Waals surface area contributed by atoms with E-state index in [2.05, 4.69) is 11.7 Å². The average Bonchev–Trinajstić information content (AvgIpc) is 0.918. The van der Waals surface area contributed by atoms with Crippen molar-refractivity contribution in [2.24, 2.45) is 0 Å². The monoisotopic (exact) mass is 91.0 g/mol. The van der Waals surface area contributed by atoms with Gasteiger partial charge < -0.3 is 0 Å². The molecule has 0 atom stereocenters. The molecule has 0 nitrogen and oxygen atoms in total. The first-order chi connectivity index (χ1) is 1.41. The first kappa shape index (κ1) is 8.83. The van der Waals surface area contributed by atoms with E-state index in [4.69, 9.17) is 0 Å². The second-order valence-electron chi connectivity index (χ2n) is 0.183. The zero-order chi connectivity index (χ0) is 2.71. The molecule has 0 unspecified atom stereocenters. The lowest BCUT2D eigenvalue weighted by molar-refractivity contribution is 2.55. The third-order valence-electron chi connectivity index (χ3n) is 0. The smallest absolute Gasteiger partial charge is 0 e. The van der Waals surface area contributed by atoms with Gasteiger partial charge >= 0.3 is 0 Å². The lowest BCUT2D eigenvalue weighted by atomic mass is 10.8. The minimum atomic E-state index is 0. The summed E-state index contributed by atoms with van der Waals surface area (Å²) in [5.41, 5.74) is 0. The van der Waals surface area contributed by atoms with Gasteiger partial charge in [0, 0.05) is 8.41 Å². The molecule has 0 aromatic rings. The molecule has 0 aliphatic carbocycles. The summed E-state index contributed by atoms with van der Waals surface area (Å²) in [7, 11) is 1.44. The highest BCUT2D eigenvalue weighted by Gasteiger charge is 1.34. The summed E-state index contributed by atoms with van der Waals surface area (Å²) in [5.74, 6) is 0. The summed E-state index contributed by atoms with van der Waals surface area (Å²) in [6, 6.07) is 0. The van der Waals surface area contributed by atoms with E-state index < -0.39 is 0 Å². The lowest BCUT2D eigenvalue weighted by Crippen LogP contribution is -1.08. The highest BCUT2D eigenvalue weighted by atomic mass is 33.1. The first-order valence-electron chi connectivity index (χ1n) is 0.591. The third kappa shape index (κ3) is 14.7. The van der Waals surface area contributed by atoms with Crippen molar-refractivity contribution < 1.29 is 0 Å². The molecular formula is CH4BS2. The van der Waals surface area contributed by atoms with E-state index in [1.165, 1.54) is 10.8 Å². The Morgan fingerprint density at radius 3 is 1.75 bits per heavy atom. The Balaban J connectivity index is 0. The fraction of sp³-hybridized carbons (Fsp3) is 1.00. The highest BCUT2D eigenvalue weighted by Crippen LogP contribution is 1.91. The zero-order valence-electron chi connectivity index (χ0n) is 2.43. The Labute approximate surface area is 37.7 Å². The molecule has 0 rings (SSSR count). The number of hydrogen-bond acceptors (Lipinski definition) is 2. The summed E-state index contributed by atoms with van der Waals surface area (Å²) in [6.07, 6.45) is 1.91. The number of hydrogen-bond donors (Lipinski definition) is 1. The Bertz CT molecular complexity index is 6.00. The molecule has 0 saturated heterocycles.